The molecule has 5 heteroatoms. The van der Waals surface area contributed by atoms with Gasteiger partial charge in [-0.05, 0) is 29.8 Å². The molecular formula is C14H15ClN2O2. The van der Waals surface area contributed by atoms with Gasteiger partial charge in [-0.15, -0.1) is 0 Å². The Balaban J connectivity index is 2.52. The minimum Gasteiger partial charge on any atom is -0.394 e. The fourth-order valence-corrected chi connectivity index (χ4v) is 2.00. The molecule has 1 aromatic heterocycles. The van der Waals surface area contributed by atoms with Crippen LogP contribution in [0.15, 0.2) is 41.2 Å². The second kappa shape index (κ2) is 5.91. The second-order valence-corrected chi connectivity index (χ2v) is 4.57. The smallest absolute Gasteiger partial charge is 0.274 e. The van der Waals surface area contributed by atoms with E-state index >= 15 is 0 Å². The van der Waals surface area contributed by atoms with Crippen LogP contribution in [0.2, 0.25) is 5.02 Å². The van der Waals surface area contributed by atoms with E-state index in [1.807, 2.05) is 18.2 Å². The zero-order valence-corrected chi connectivity index (χ0v) is 11.4. The Morgan fingerprint density at radius 2 is 1.89 bits per heavy atom. The molecule has 0 amide bonds. The van der Waals surface area contributed by atoms with E-state index in [1.165, 1.54) is 0 Å². The molecule has 0 aliphatic carbocycles. The molecule has 0 radical (unpaired) electrons. The number of nitrogen functional groups attached to an aromatic ring is 1. The maximum atomic E-state index is 12.1. The van der Waals surface area contributed by atoms with Gasteiger partial charge in [-0.3, -0.25) is 4.79 Å². The van der Waals surface area contributed by atoms with Crippen LogP contribution in [0.25, 0.3) is 11.3 Å². The van der Waals surface area contributed by atoms with Gasteiger partial charge < -0.3 is 15.0 Å². The number of halogens is 1. The number of aromatic nitrogens is 1. The zero-order valence-electron chi connectivity index (χ0n) is 10.6. The second-order valence-electron chi connectivity index (χ2n) is 4.13. The molecule has 0 aliphatic rings. The molecule has 2 rings (SSSR count). The molecule has 1 heterocycles. The number of hydrogen-bond acceptors (Lipinski definition) is 3. The van der Waals surface area contributed by atoms with Crippen molar-refractivity contribution in [1.29, 1.82) is 0 Å². The van der Waals surface area contributed by atoms with Crippen molar-refractivity contribution < 1.29 is 4.74 Å². The Morgan fingerprint density at radius 3 is 2.53 bits per heavy atom. The molecule has 0 atom stereocenters. The summed E-state index contributed by atoms with van der Waals surface area (Å²) in [5.74, 6) is 0. The summed E-state index contributed by atoms with van der Waals surface area (Å²) in [7, 11) is 1.60. The maximum absolute atomic E-state index is 12.1. The van der Waals surface area contributed by atoms with Crippen LogP contribution in [-0.4, -0.2) is 18.3 Å². The summed E-state index contributed by atoms with van der Waals surface area (Å²) in [6.45, 7) is 0.905. The molecule has 0 spiro atoms. The third-order valence-corrected chi connectivity index (χ3v) is 3.11. The summed E-state index contributed by atoms with van der Waals surface area (Å²) in [6.07, 6.45) is 0. The number of nitrogens with two attached hydrogens (primary N) is 1. The van der Waals surface area contributed by atoms with E-state index in [1.54, 1.807) is 29.9 Å². The van der Waals surface area contributed by atoms with Crippen molar-refractivity contribution >= 4 is 17.3 Å². The molecule has 2 N–H and O–H groups in total. The number of benzene rings is 1. The molecule has 0 aliphatic heterocycles. The van der Waals surface area contributed by atoms with Crippen molar-refractivity contribution in [2.75, 3.05) is 19.5 Å². The van der Waals surface area contributed by atoms with Crippen molar-refractivity contribution in [3.63, 3.8) is 0 Å². The van der Waals surface area contributed by atoms with Crippen LogP contribution in [0, 0.1) is 0 Å². The van der Waals surface area contributed by atoms with E-state index in [9.17, 15) is 4.79 Å². The van der Waals surface area contributed by atoms with Crippen LogP contribution < -0.4 is 11.3 Å². The van der Waals surface area contributed by atoms with Crippen molar-refractivity contribution in [1.82, 2.24) is 4.57 Å². The van der Waals surface area contributed by atoms with Gasteiger partial charge in [0.15, 0.2) is 0 Å². The standard InChI is InChI=1S/C14H15ClN2O2/c1-19-9-8-17-13(7-6-12(16)14(17)18)10-2-4-11(15)5-3-10/h2-7H,8-9,16H2,1H3. The topological polar surface area (TPSA) is 57.2 Å². The van der Waals surface area contributed by atoms with Gasteiger partial charge in [0.2, 0.25) is 0 Å². The molecular weight excluding hydrogens is 264 g/mol. The minimum absolute atomic E-state index is 0.204. The monoisotopic (exact) mass is 278 g/mol. The Kier molecular flexibility index (Phi) is 4.24. The highest BCUT2D eigenvalue weighted by Gasteiger charge is 2.08. The number of methoxy groups -OCH3 is 1. The number of hydrogen-bond donors (Lipinski definition) is 1. The lowest BCUT2D eigenvalue weighted by Gasteiger charge is -2.13. The van der Waals surface area contributed by atoms with E-state index in [0.29, 0.717) is 18.2 Å². The van der Waals surface area contributed by atoms with Crippen molar-refractivity contribution in [3.05, 3.63) is 51.8 Å². The Labute approximate surface area is 116 Å². The largest absolute Gasteiger partial charge is 0.394 e. The van der Waals surface area contributed by atoms with Gasteiger partial charge in [0, 0.05) is 18.7 Å². The highest BCUT2D eigenvalue weighted by atomic mass is 35.5. The van der Waals surface area contributed by atoms with Crippen LogP contribution in [-0.2, 0) is 11.3 Å². The fraction of sp³-hybridized carbons (Fsp3) is 0.214. The molecule has 1 aromatic carbocycles. The van der Waals surface area contributed by atoms with Gasteiger partial charge in [0.1, 0.15) is 0 Å². The number of rotatable bonds is 4. The number of nitrogens with zero attached hydrogens (tertiary/aromatic N) is 1. The Hall–Kier alpha value is -1.78. The average molecular weight is 279 g/mol. The summed E-state index contributed by atoms with van der Waals surface area (Å²) in [5.41, 5.74) is 7.41. The first kappa shape index (κ1) is 13.6. The molecule has 0 saturated heterocycles. The third-order valence-electron chi connectivity index (χ3n) is 2.86. The predicted octanol–water partition coefficient (Wildman–Crippen LogP) is 2.40. The first-order chi connectivity index (χ1) is 9.13. The van der Waals surface area contributed by atoms with Gasteiger partial charge in [-0.25, -0.2) is 0 Å². The van der Waals surface area contributed by atoms with Crippen molar-refractivity contribution in [3.8, 4) is 11.3 Å². The molecule has 0 fully saturated rings. The van der Waals surface area contributed by atoms with E-state index in [2.05, 4.69) is 0 Å². The molecule has 0 bridgehead atoms. The van der Waals surface area contributed by atoms with Gasteiger partial charge in [0.25, 0.3) is 5.56 Å². The molecule has 19 heavy (non-hydrogen) atoms. The summed E-state index contributed by atoms with van der Waals surface area (Å²) in [6, 6.07) is 10.8. The number of anilines is 1. The first-order valence-corrected chi connectivity index (χ1v) is 6.25. The van der Waals surface area contributed by atoms with Crippen LogP contribution >= 0.6 is 11.6 Å². The van der Waals surface area contributed by atoms with Crippen LogP contribution in [0.5, 0.6) is 0 Å². The predicted molar refractivity (Wildman–Crippen MR) is 77.4 cm³/mol. The van der Waals surface area contributed by atoms with Crippen LogP contribution in [0.4, 0.5) is 5.69 Å². The lowest BCUT2D eigenvalue weighted by molar-refractivity contribution is 0.186. The molecule has 2 aromatic rings. The lowest BCUT2D eigenvalue weighted by Crippen LogP contribution is -2.25. The SMILES string of the molecule is COCCn1c(-c2ccc(Cl)cc2)ccc(N)c1=O. The van der Waals surface area contributed by atoms with Gasteiger partial charge in [-0.2, -0.15) is 0 Å². The van der Waals surface area contributed by atoms with E-state index in [4.69, 9.17) is 22.1 Å². The summed E-state index contributed by atoms with van der Waals surface area (Å²) >= 11 is 5.87. The van der Waals surface area contributed by atoms with Crippen molar-refractivity contribution in [2.45, 2.75) is 6.54 Å². The lowest BCUT2D eigenvalue weighted by atomic mass is 10.1. The Morgan fingerprint density at radius 1 is 1.21 bits per heavy atom. The van der Waals surface area contributed by atoms with Gasteiger partial charge in [-0.1, -0.05) is 23.7 Å². The third kappa shape index (κ3) is 2.97. The Bertz CT molecular complexity index is 620. The average Bonchev–Trinajstić information content (AvgIpc) is 2.41. The summed E-state index contributed by atoms with van der Waals surface area (Å²) < 4.78 is 6.64. The van der Waals surface area contributed by atoms with E-state index < -0.39 is 0 Å². The van der Waals surface area contributed by atoms with E-state index in [0.717, 1.165) is 11.3 Å². The minimum atomic E-state index is -0.204. The quantitative estimate of drug-likeness (QED) is 0.934. The van der Waals surface area contributed by atoms with Crippen LogP contribution in [0.3, 0.4) is 0 Å². The normalized spacial score (nSPS) is 10.6. The molecule has 100 valence electrons. The maximum Gasteiger partial charge on any atom is 0.274 e. The summed E-state index contributed by atoms with van der Waals surface area (Å²) in [4.78, 5) is 12.1. The van der Waals surface area contributed by atoms with Gasteiger partial charge >= 0.3 is 0 Å². The van der Waals surface area contributed by atoms with E-state index in [-0.39, 0.29) is 11.2 Å². The highest BCUT2D eigenvalue weighted by Crippen LogP contribution is 2.21. The highest BCUT2D eigenvalue weighted by molar-refractivity contribution is 6.30. The molecule has 0 unspecified atom stereocenters. The van der Waals surface area contributed by atoms with Crippen molar-refractivity contribution in [2.24, 2.45) is 0 Å². The van der Waals surface area contributed by atoms with Crippen LogP contribution in [0.1, 0.15) is 0 Å². The summed E-state index contributed by atoms with van der Waals surface area (Å²) in [5, 5.41) is 0.657. The number of ether oxygens (including phenoxy) is 1. The zero-order chi connectivity index (χ0) is 13.8. The fourth-order valence-electron chi connectivity index (χ4n) is 1.87. The molecule has 4 nitrogen and oxygen atoms in total. The molecule has 0 saturated carbocycles. The van der Waals surface area contributed by atoms with Gasteiger partial charge in [0.05, 0.1) is 18.0 Å². The first-order valence-electron chi connectivity index (χ1n) is 5.87. The number of pyridine rings is 1.